The Labute approximate surface area is 162 Å². The van der Waals surface area contributed by atoms with Crippen molar-refractivity contribution < 1.29 is 18.8 Å². The minimum absolute atomic E-state index is 0.0792. The van der Waals surface area contributed by atoms with Gasteiger partial charge in [0.15, 0.2) is 6.61 Å². The van der Waals surface area contributed by atoms with Crippen molar-refractivity contribution >= 4 is 5.91 Å². The van der Waals surface area contributed by atoms with E-state index in [2.05, 4.69) is 15.5 Å². The first-order valence-electron chi connectivity index (χ1n) is 9.29. The molecule has 7 heteroatoms. The highest BCUT2D eigenvalue weighted by molar-refractivity contribution is 5.96. The predicted molar refractivity (Wildman–Crippen MR) is 102 cm³/mol. The fraction of sp³-hybridized carbons (Fsp3) is 0.286. The zero-order chi connectivity index (χ0) is 19.2. The van der Waals surface area contributed by atoms with Crippen LogP contribution in [0.5, 0.6) is 5.75 Å². The van der Waals surface area contributed by atoms with Crippen LogP contribution in [0.4, 0.5) is 0 Å². The average Bonchev–Trinajstić information content (AvgIpc) is 3.43. The molecule has 1 aromatic heterocycles. The summed E-state index contributed by atoms with van der Waals surface area (Å²) in [5, 5.41) is 6.88. The third-order valence-electron chi connectivity index (χ3n) is 4.50. The molecule has 0 unspecified atom stereocenters. The lowest BCUT2D eigenvalue weighted by Gasteiger charge is -2.13. The number of hydrogen-bond donors (Lipinski definition) is 1. The van der Waals surface area contributed by atoms with Crippen LogP contribution in [0.3, 0.4) is 0 Å². The summed E-state index contributed by atoms with van der Waals surface area (Å²) in [6, 6.07) is 16.6. The van der Waals surface area contributed by atoms with Gasteiger partial charge in [-0.3, -0.25) is 4.79 Å². The fourth-order valence-corrected chi connectivity index (χ4v) is 3.04. The molecule has 0 saturated carbocycles. The second-order valence-electron chi connectivity index (χ2n) is 6.51. The van der Waals surface area contributed by atoms with Crippen LogP contribution in [-0.4, -0.2) is 35.3 Å². The van der Waals surface area contributed by atoms with Gasteiger partial charge >= 0.3 is 0 Å². The van der Waals surface area contributed by atoms with Crippen molar-refractivity contribution in [3.05, 3.63) is 66.1 Å². The number of amides is 1. The van der Waals surface area contributed by atoms with Crippen molar-refractivity contribution in [2.75, 3.05) is 13.2 Å². The van der Waals surface area contributed by atoms with Gasteiger partial charge in [-0.05, 0) is 25.0 Å². The third-order valence-corrected chi connectivity index (χ3v) is 4.50. The number of nitrogens with one attached hydrogen (secondary N) is 1. The number of carbonyl (C=O) groups excluding carboxylic acids is 1. The maximum absolute atomic E-state index is 12.5. The van der Waals surface area contributed by atoms with Crippen LogP contribution in [0.15, 0.2) is 59.1 Å². The normalized spacial score (nSPS) is 16.1. The average molecular weight is 379 g/mol. The standard InChI is InChI=1S/C21H21N3O4/c25-21(22-13-16-9-6-12-26-16)17-10-4-5-11-18(17)27-14-19-23-20(24-28-19)15-7-2-1-3-8-15/h1-5,7-8,10-11,16H,6,9,12-14H2,(H,22,25)/t16-/m0/s1. The molecule has 4 rings (SSSR count). The summed E-state index contributed by atoms with van der Waals surface area (Å²) in [5.74, 6) is 1.11. The summed E-state index contributed by atoms with van der Waals surface area (Å²) < 4.78 is 16.6. The minimum atomic E-state index is -0.193. The molecule has 144 valence electrons. The van der Waals surface area contributed by atoms with E-state index in [1.807, 2.05) is 36.4 Å². The van der Waals surface area contributed by atoms with Gasteiger partial charge < -0.3 is 19.3 Å². The number of hydrogen-bond acceptors (Lipinski definition) is 6. The lowest BCUT2D eigenvalue weighted by atomic mass is 10.1. The quantitative estimate of drug-likeness (QED) is 0.678. The number of para-hydroxylation sites is 1. The first kappa shape index (κ1) is 18.2. The summed E-state index contributed by atoms with van der Waals surface area (Å²) in [6.07, 6.45) is 2.10. The Hall–Kier alpha value is -3.19. The highest BCUT2D eigenvalue weighted by atomic mass is 16.5. The lowest BCUT2D eigenvalue weighted by Crippen LogP contribution is -2.32. The Kier molecular flexibility index (Phi) is 5.63. The Morgan fingerprint density at radius 2 is 1.96 bits per heavy atom. The van der Waals surface area contributed by atoms with E-state index in [0.717, 1.165) is 25.0 Å². The number of aromatic nitrogens is 2. The second kappa shape index (κ2) is 8.67. The number of benzene rings is 2. The highest BCUT2D eigenvalue weighted by Crippen LogP contribution is 2.21. The SMILES string of the molecule is O=C(NC[C@@H]1CCCO1)c1ccccc1OCc1nc(-c2ccccc2)no1. The van der Waals surface area contributed by atoms with E-state index in [0.29, 0.717) is 29.6 Å². The fourth-order valence-electron chi connectivity index (χ4n) is 3.04. The highest BCUT2D eigenvalue weighted by Gasteiger charge is 2.18. The van der Waals surface area contributed by atoms with Gasteiger partial charge in [-0.25, -0.2) is 0 Å². The van der Waals surface area contributed by atoms with E-state index in [1.54, 1.807) is 18.2 Å². The van der Waals surface area contributed by atoms with Crippen molar-refractivity contribution in [1.82, 2.24) is 15.5 Å². The molecular formula is C21H21N3O4. The molecule has 28 heavy (non-hydrogen) atoms. The first-order chi connectivity index (χ1) is 13.8. The van der Waals surface area contributed by atoms with E-state index >= 15 is 0 Å². The molecule has 1 amide bonds. The van der Waals surface area contributed by atoms with Gasteiger partial charge in [0.05, 0.1) is 11.7 Å². The number of rotatable bonds is 7. The molecule has 1 N–H and O–H groups in total. The Morgan fingerprint density at radius 3 is 2.79 bits per heavy atom. The monoisotopic (exact) mass is 379 g/mol. The molecule has 2 aromatic carbocycles. The summed E-state index contributed by atoms with van der Waals surface area (Å²) in [6.45, 7) is 1.34. The molecule has 1 atom stereocenters. The Morgan fingerprint density at radius 1 is 1.14 bits per heavy atom. The minimum Gasteiger partial charge on any atom is -0.483 e. The summed E-state index contributed by atoms with van der Waals surface area (Å²) in [5.41, 5.74) is 1.33. The summed E-state index contributed by atoms with van der Waals surface area (Å²) >= 11 is 0. The Bertz CT molecular complexity index is 920. The van der Waals surface area contributed by atoms with Crippen molar-refractivity contribution in [2.24, 2.45) is 0 Å². The van der Waals surface area contributed by atoms with Gasteiger partial charge in [-0.15, -0.1) is 0 Å². The van der Waals surface area contributed by atoms with E-state index in [1.165, 1.54) is 0 Å². The predicted octanol–water partition coefficient (Wildman–Crippen LogP) is 3.22. The van der Waals surface area contributed by atoms with Crippen molar-refractivity contribution in [2.45, 2.75) is 25.6 Å². The molecule has 3 aromatic rings. The van der Waals surface area contributed by atoms with Crippen LogP contribution < -0.4 is 10.1 Å². The van der Waals surface area contributed by atoms with Crippen LogP contribution in [0, 0.1) is 0 Å². The molecular weight excluding hydrogens is 358 g/mol. The zero-order valence-corrected chi connectivity index (χ0v) is 15.3. The second-order valence-corrected chi connectivity index (χ2v) is 6.51. The molecule has 1 aliphatic rings. The Balaban J connectivity index is 1.38. The summed E-state index contributed by atoms with van der Waals surface area (Å²) in [7, 11) is 0. The number of nitrogens with zero attached hydrogens (tertiary/aromatic N) is 2. The van der Waals surface area contributed by atoms with Crippen molar-refractivity contribution in [3.63, 3.8) is 0 Å². The van der Waals surface area contributed by atoms with Gasteiger partial charge in [0.1, 0.15) is 5.75 Å². The van der Waals surface area contributed by atoms with Gasteiger partial charge in [-0.2, -0.15) is 4.98 Å². The molecule has 0 spiro atoms. The largest absolute Gasteiger partial charge is 0.483 e. The molecule has 1 saturated heterocycles. The van der Waals surface area contributed by atoms with E-state index in [4.69, 9.17) is 14.0 Å². The maximum Gasteiger partial charge on any atom is 0.264 e. The van der Waals surface area contributed by atoms with Crippen LogP contribution in [0.1, 0.15) is 29.1 Å². The van der Waals surface area contributed by atoms with Crippen LogP contribution >= 0.6 is 0 Å². The van der Waals surface area contributed by atoms with Crippen LogP contribution in [0.2, 0.25) is 0 Å². The van der Waals surface area contributed by atoms with E-state index in [-0.39, 0.29) is 18.6 Å². The van der Waals surface area contributed by atoms with Crippen molar-refractivity contribution in [1.29, 1.82) is 0 Å². The van der Waals surface area contributed by atoms with E-state index < -0.39 is 0 Å². The van der Waals surface area contributed by atoms with Gasteiger partial charge in [0.2, 0.25) is 5.82 Å². The van der Waals surface area contributed by atoms with E-state index in [9.17, 15) is 4.79 Å². The number of ether oxygens (including phenoxy) is 2. The molecule has 2 heterocycles. The molecule has 0 bridgehead atoms. The third kappa shape index (κ3) is 4.37. The first-order valence-corrected chi connectivity index (χ1v) is 9.29. The molecule has 7 nitrogen and oxygen atoms in total. The smallest absolute Gasteiger partial charge is 0.264 e. The van der Waals surface area contributed by atoms with Gasteiger partial charge in [0, 0.05) is 18.7 Å². The maximum atomic E-state index is 12.5. The van der Waals surface area contributed by atoms with Gasteiger partial charge in [0.25, 0.3) is 11.8 Å². The van der Waals surface area contributed by atoms with Crippen LogP contribution in [-0.2, 0) is 11.3 Å². The molecule has 1 fully saturated rings. The zero-order valence-electron chi connectivity index (χ0n) is 15.3. The number of carbonyl (C=O) groups is 1. The topological polar surface area (TPSA) is 86.5 Å². The summed E-state index contributed by atoms with van der Waals surface area (Å²) in [4.78, 5) is 16.9. The van der Waals surface area contributed by atoms with Gasteiger partial charge in [-0.1, -0.05) is 47.6 Å². The van der Waals surface area contributed by atoms with Crippen molar-refractivity contribution in [3.8, 4) is 17.1 Å². The molecule has 1 aliphatic heterocycles. The van der Waals surface area contributed by atoms with Crippen LogP contribution in [0.25, 0.3) is 11.4 Å². The molecule has 0 aliphatic carbocycles. The molecule has 0 radical (unpaired) electrons. The lowest BCUT2D eigenvalue weighted by molar-refractivity contribution is 0.0853.